The largest absolute Gasteiger partial charge is 0.413 e. The lowest BCUT2D eigenvalue weighted by atomic mass is 9.79. The van der Waals surface area contributed by atoms with Crippen LogP contribution < -0.4 is 0 Å². The van der Waals surface area contributed by atoms with Crippen molar-refractivity contribution in [3.63, 3.8) is 0 Å². The van der Waals surface area contributed by atoms with Gasteiger partial charge in [0, 0.05) is 30.3 Å². The van der Waals surface area contributed by atoms with E-state index in [1.54, 1.807) is 0 Å². The number of hydrogen-bond acceptors (Lipinski definition) is 5. The molecular formula is C28H60O5Si2. The van der Waals surface area contributed by atoms with E-state index in [4.69, 9.17) is 18.3 Å². The van der Waals surface area contributed by atoms with Crippen LogP contribution in [0.3, 0.4) is 0 Å². The second kappa shape index (κ2) is 11.5. The first-order chi connectivity index (χ1) is 15.5. The van der Waals surface area contributed by atoms with E-state index in [9.17, 15) is 5.11 Å². The van der Waals surface area contributed by atoms with Gasteiger partial charge in [0.2, 0.25) is 0 Å². The third kappa shape index (κ3) is 8.36. The Bertz CT molecular complexity index is 665. The first-order valence-electron chi connectivity index (χ1n) is 13.8. The lowest BCUT2D eigenvalue weighted by Gasteiger charge is -2.50. The Morgan fingerprint density at radius 1 is 0.886 bits per heavy atom. The van der Waals surface area contributed by atoms with Crippen LogP contribution in [0.1, 0.15) is 83.1 Å². The fourth-order valence-electron chi connectivity index (χ4n) is 4.48. The maximum Gasteiger partial charge on any atom is 0.192 e. The van der Waals surface area contributed by atoms with Crippen LogP contribution in [-0.2, 0) is 18.3 Å². The van der Waals surface area contributed by atoms with Gasteiger partial charge in [-0.3, -0.25) is 0 Å². The van der Waals surface area contributed by atoms with Crippen molar-refractivity contribution in [2.75, 3.05) is 13.2 Å². The first kappa shape index (κ1) is 33.3. The molecule has 5 nitrogen and oxygen atoms in total. The highest BCUT2D eigenvalue weighted by Crippen LogP contribution is 2.44. The van der Waals surface area contributed by atoms with Gasteiger partial charge in [-0.1, -0.05) is 69.2 Å². The molecule has 1 fully saturated rings. The van der Waals surface area contributed by atoms with Gasteiger partial charge in [-0.05, 0) is 50.1 Å². The fourth-order valence-corrected chi connectivity index (χ4v) is 7.42. The summed E-state index contributed by atoms with van der Waals surface area (Å²) in [6.07, 6.45) is -0.129. The molecule has 1 heterocycles. The molecule has 0 unspecified atom stereocenters. The van der Waals surface area contributed by atoms with Gasteiger partial charge in [0.1, 0.15) is 0 Å². The molecule has 0 bridgehead atoms. The second-order valence-corrected chi connectivity index (χ2v) is 24.3. The monoisotopic (exact) mass is 532 g/mol. The third-order valence-electron chi connectivity index (χ3n) is 9.07. The van der Waals surface area contributed by atoms with Crippen LogP contribution in [0.5, 0.6) is 0 Å². The molecule has 7 heteroatoms. The quantitative estimate of drug-likeness (QED) is 0.296. The Kier molecular flexibility index (Phi) is 11.0. The zero-order valence-corrected chi connectivity index (χ0v) is 28.0. The van der Waals surface area contributed by atoms with Crippen LogP contribution in [0.25, 0.3) is 0 Å². The maximum absolute atomic E-state index is 10.3. The molecule has 0 aromatic rings. The fraction of sp³-hybridized carbons (Fsp3) is 1.00. The summed E-state index contributed by atoms with van der Waals surface area (Å²) in [6.45, 7) is 36.6. The molecule has 1 saturated heterocycles. The van der Waals surface area contributed by atoms with Crippen molar-refractivity contribution in [1.82, 2.24) is 0 Å². The number of hydrogen-bond donors (Lipinski definition) is 1. The second-order valence-electron chi connectivity index (χ2n) is 14.8. The topological polar surface area (TPSA) is 57.2 Å². The minimum atomic E-state index is -2.09. The summed E-state index contributed by atoms with van der Waals surface area (Å²) in [6, 6.07) is 0. The molecule has 7 atom stereocenters. The van der Waals surface area contributed by atoms with Crippen LogP contribution in [0.2, 0.25) is 36.3 Å². The Morgan fingerprint density at radius 3 is 1.71 bits per heavy atom. The van der Waals surface area contributed by atoms with Crippen molar-refractivity contribution >= 4 is 16.6 Å². The summed E-state index contributed by atoms with van der Waals surface area (Å²) < 4.78 is 26.8. The predicted octanol–water partition coefficient (Wildman–Crippen LogP) is 7.46. The van der Waals surface area contributed by atoms with Gasteiger partial charge in [-0.25, -0.2) is 0 Å². The summed E-state index contributed by atoms with van der Waals surface area (Å²) >= 11 is 0. The van der Waals surface area contributed by atoms with Crippen LogP contribution in [0, 0.1) is 23.7 Å². The Morgan fingerprint density at radius 2 is 1.31 bits per heavy atom. The number of aliphatic hydroxyl groups is 1. The van der Waals surface area contributed by atoms with E-state index < -0.39 is 22.4 Å². The van der Waals surface area contributed by atoms with Crippen LogP contribution in [0.15, 0.2) is 0 Å². The van der Waals surface area contributed by atoms with Crippen LogP contribution in [0.4, 0.5) is 0 Å². The molecular weight excluding hydrogens is 472 g/mol. The minimum Gasteiger partial charge on any atom is -0.413 e. The molecule has 0 spiro atoms. The van der Waals surface area contributed by atoms with Crippen molar-refractivity contribution in [3.8, 4) is 0 Å². The molecule has 0 aliphatic carbocycles. The van der Waals surface area contributed by atoms with Crippen molar-refractivity contribution in [3.05, 3.63) is 0 Å². The molecule has 35 heavy (non-hydrogen) atoms. The molecule has 1 aliphatic heterocycles. The highest BCUT2D eigenvalue weighted by molar-refractivity contribution is 6.74. The molecule has 1 N–H and O–H groups in total. The lowest BCUT2D eigenvalue weighted by Crippen LogP contribution is -2.57. The third-order valence-corrected chi connectivity index (χ3v) is 18.0. The van der Waals surface area contributed by atoms with E-state index in [0.29, 0.717) is 6.61 Å². The number of rotatable bonds is 10. The molecule has 0 aromatic carbocycles. The zero-order valence-electron chi connectivity index (χ0n) is 26.0. The molecule has 210 valence electrons. The normalized spacial score (nSPS) is 26.7. The summed E-state index contributed by atoms with van der Waals surface area (Å²) in [5, 5.41) is 10.4. The van der Waals surface area contributed by atoms with Crippen molar-refractivity contribution < 1.29 is 23.4 Å². The summed E-state index contributed by atoms with van der Waals surface area (Å²) in [4.78, 5) is 0. The van der Waals surface area contributed by atoms with Gasteiger partial charge in [0.25, 0.3) is 0 Å². The van der Waals surface area contributed by atoms with Crippen molar-refractivity contribution in [2.45, 2.75) is 143 Å². The van der Waals surface area contributed by atoms with E-state index in [-0.39, 0.29) is 58.7 Å². The number of ether oxygens (including phenoxy) is 2. The minimum absolute atomic E-state index is 0.0151. The van der Waals surface area contributed by atoms with E-state index in [0.717, 1.165) is 0 Å². The Labute approximate surface area is 220 Å². The summed E-state index contributed by atoms with van der Waals surface area (Å²) in [5.74, 6) is -0.0797. The van der Waals surface area contributed by atoms with E-state index in [1.807, 2.05) is 13.8 Å². The van der Waals surface area contributed by atoms with Crippen LogP contribution in [-0.4, -0.2) is 59.1 Å². The van der Waals surface area contributed by atoms with Gasteiger partial charge in [-0.15, -0.1) is 0 Å². The van der Waals surface area contributed by atoms with Gasteiger partial charge < -0.3 is 23.4 Å². The van der Waals surface area contributed by atoms with Crippen LogP contribution >= 0.6 is 0 Å². The molecule has 0 amide bonds. The molecule has 1 rings (SSSR count). The van der Waals surface area contributed by atoms with Gasteiger partial charge in [0.05, 0.1) is 24.9 Å². The van der Waals surface area contributed by atoms with Crippen molar-refractivity contribution in [2.24, 2.45) is 23.7 Å². The molecule has 0 saturated carbocycles. The highest BCUT2D eigenvalue weighted by Gasteiger charge is 2.49. The predicted molar refractivity (Wildman–Crippen MR) is 153 cm³/mol. The van der Waals surface area contributed by atoms with Gasteiger partial charge in [0.15, 0.2) is 22.4 Å². The summed E-state index contributed by atoms with van der Waals surface area (Å²) in [5.41, 5.74) is 0. The maximum atomic E-state index is 10.3. The summed E-state index contributed by atoms with van der Waals surface area (Å²) in [7, 11) is -4.16. The Hall–Kier alpha value is 0.234. The first-order valence-corrected chi connectivity index (χ1v) is 19.6. The molecule has 0 aromatic heterocycles. The van der Waals surface area contributed by atoms with E-state index >= 15 is 0 Å². The van der Waals surface area contributed by atoms with Gasteiger partial charge >= 0.3 is 0 Å². The Balaban J connectivity index is 3.50. The lowest BCUT2D eigenvalue weighted by molar-refractivity contribution is -0.304. The standard InChI is InChI=1S/C28H60O5Si2/c1-19(17-29)24(32-34(13,14)26(5,6)7)22(4)25(33-35(15,16)27(8,9)10)21(3)23-20(2)18-30-28(11,12)31-23/h19-25,29H,17-18H2,1-16H3/t19-,20+,21-,22+,23+,24-,25-/m0/s1. The van der Waals surface area contributed by atoms with Crippen molar-refractivity contribution in [1.29, 1.82) is 0 Å². The SMILES string of the molecule is C[C@H]([C@H](O[Si](C)(C)C(C)(C)C)[C@H](C)[C@@H](O[Si](C)(C)C(C)(C)C)[C@@H](C)CO)[C@@H]1OC(C)(C)OC[C@H]1C. The average Bonchev–Trinajstić information content (AvgIpc) is 2.68. The molecule has 0 radical (unpaired) electrons. The van der Waals surface area contributed by atoms with E-state index in [2.05, 4.69) is 95.4 Å². The van der Waals surface area contributed by atoms with Gasteiger partial charge in [-0.2, -0.15) is 0 Å². The highest BCUT2D eigenvalue weighted by atomic mass is 28.4. The smallest absolute Gasteiger partial charge is 0.192 e. The average molecular weight is 533 g/mol. The van der Waals surface area contributed by atoms with E-state index in [1.165, 1.54) is 0 Å². The zero-order chi connectivity index (χ0) is 27.8. The number of aliphatic hydroxyl groups excluding tert-OH is 1. The molecule has 1 aliphatic rings.